The zero-order valence-corrected chi connectivity index (χ0v) is 11.7. The standard InChI is InChI=1S/C15H28N2O/c1-12-5-8-17(9-6-12)14-4-7-15(10-14,11-18)16-13-2-3-13/h12-14,16,18H,2-11H2,1H3. The van der Waals surface area contributed by atoms with E-state index >= 15 is 0 Å². The molecule has 0 radical (unpaired) electrons. The van der Waals surface area contributed by atoms with Crippen molar-refractivity contribution in [3.8, 4) is 0 Å². The average Bonchev–Trinajstić information content (AvgIpc) is 3.09. The Morgan fingerprint density at radius 3 is 2.50 bits per heavy atom. The van der Waals surface area contributed by atoms with Crippen LogP contribution in [0.15, 0.2) is 0 Å². The van der Waals surface area contributed by atoms with Crippen molar-refractivity contribution in [2.24, 2.45) is 5.92 Å². The van der Waals surface area contributed by atoms with Crippen LogP contribution in [0.25, 0.3) is 0 Å². The number of nitrogens with one attached hydrogen (secondary N) is 1. The third-order valence-corrected chi connectivity index (χ3v) is 5.31. The second-order valence-corrected chi connectivity index (χ2v) is 6.97. The molecule has 2 aliphatic carbocycles. The predicted molar refractivity (Wildman–Crippen MR) is 73.6 cm³/mol. The van der Waals surface area contributed by atoms with E-state index in [0.717, 1.165) is 24.8 Å². The molecule has 0 bridgehead atoms. The first-order valence-corrected chi connectivity index (χ1v) is 7.83. The summed E-state index contributed by atoms with van der Waals surface area (Å²) in [6, 6.07) is 1.42. The fourth-order valence-corrected chi connectivity index (χ4v) is 3.78. The largest absolute Gasteiger partial charge is 0.394 e. The fourth-order valence-electron chi connectivity index (χ4n) is 3.78. The van der Waals surface area contributed by atoms with Crippen molar-refractivity contribution >= 4 is 0 Å². The molecular weight excluding hydrogens is 224 g/mol. The summed E-state index contributed by atoms with van der Waals surface area (Å²) in [6.45, 7) is 5.25. The van der Waals surface area contributed by atoms with Crippen LogP contribution in [-0.2, 0) is 0 Å². The van der Waals surface area contributed by atoms with Gasteiger partial charge in [0.25, 0.3) is 0 Å². The van der Waals surface area contributed by atoms with Crippen LogP contribution >= 0.6 is 0 Å². The van der Waals surface area contributed by atoms with Gasteiger partial charge in [-0.15, -0.1) is 0 Å². The number of hydrogen-bond acceptors (Lipinski definition) is 3. The van der Waals surface area contributed by atoms with E-state index in [0.29, 0.717) is 12.6 Å². The molecule has 1 aliphatic heterocycles. The molecule has 1 heterocycles. The van der Waals surface area contributed by atoms with Crippen molar-refractivity contribution in [1.29, 1.82) is 0 Å². The highest BCUT2D eigenvalue weighted by molar-refractivity contribution is 5.03. The van der Waals surface area contributed by atoms with E-state index in [-0.39, 0.29) is 5.54 Å². The summed E-state index contributed by atoms with van der Waals surface area (Å²) in [5.41, 5.74) is 0.0505. The molecule has 2 N–H and O–H groups in total. The van der Waals surface area contributed by atoms with Crippen LogP contribution in [0.1, 0.15) is 51.9 Å². The van der Waals surface area contributed by atoms with E-state index in [1.807, 2.05) is 0 Å². The summed E-state index contributed by atoms with van der Waals surface area (Å²) < 4.78 is 0. The maximum absolute atomic E-state index is 9.77. The lowest BCUT2D eigenvalue weighted by Crippen LogP contribution is -2.49. The van der Waals surface area contributed by atoms with Gasteiger partial charge in [0.15, 0.2) is 0 Å². The highest BCUT2D eigenvalue weighted by Crippen LogP contribution is 2.37. The highest BCUT2D eigenvalue weighted by atomic mass is 16.3. The molecule has 0 spiro atoms. The van der Waals surface area contributed by atoms with Gasteiger partial charge in [-0.05, 0) is 64.0 Å². The first-order valence-electron chi connectivity index (χ1n) is 7.83. The lowest BCUT2D eigenvalue weighted by atomic mass is 9.95. The number of aliphatic hydroxyl groups is 1. The Labute approximate surface area is 111 Å². The van der Waals surface area contributed by atoms with Crippen molar-refractivity contribution in [3.63, 3.8) is 0 Å². The Bertz CT molecular complexity index is 284. The summed E-state index contributed by atoms with van der Waals surface area (Å²) in [4.78, 5) is 2.69. The number of rotatable bonds is 4. The van der Waals surface area contributed by atoms with Gasteiger partial charge < -0.3 is 15.3 Å². The minimum Gasteiger partial charge on any atom is -0.394 e. The molecule has 2 unspecified atom stereocenters. The number of likely N-dealkylation sites (tertiary alicyclic amines) is 1. The van der Waals surface area contributed by atoms with Crippen molar-refractivity contribution in [2.45, 2.75) is 69.5 Å². The van der Waals surface area contributed by atoms with Gasteiger partial charge in [0.1, 0.15) is 0 Å². The zero-order valence-electron chi connectivity index (χ0n) is 11.7. The Morgan fingerprint density at radius 2 is 1.89 bits per heavy atom. The molecule has 3 nitrogen and oxygen atoms in total. The van der Waals surface area contributed by atoms with Crippen LogP contribution in [0.5, 0.6) is 0 Å². The van der Waals surface area contributed by atoms with Gasteiger partial charge in [0.05, 0.1) is 6.61 Å². The Kier molecular flexibility index (Phi) is 3.65. The summed E-state index contributed by atoms with van der Waals surface area (Å²) >= 11 is 0. The minimum absolute atomic E-state index is 0.0505. The monoisotopic (exact) mass is 252 g/mol. The number of aliphatic hydroxyl groups excluding tert-OH is 1. The topological polar surface area (TPSA) is 35.5 Å². The molecule has 2 atom stereocenters. The van der Waals surface area contributed by atoms with E-state index in [2.05, 4.69) is 17.1 Å². The van der Waals surface area contributed by atoms with Gasteiger partial charge in [-0.1, -0.05) is 6.92 Å². The normalized spacial score (nSPS) is 39.3. The van der Waals surface area contributed by atoms with Crippen LogP contribution in [0, 0.1) is 5.92 Å². The molecule has 3 rings (SSSR count). The Hall–Kier alpha value is -0.120. The van der Waals surface area contributed by atoms with Crippen LogP contribution < -0.4 is 5.32 Å². The first-order chi connectivity index (χ1) is 8.71. The lowest BCUT2D eigenvalue weighted by molar-refractivity contribution is 0.117. The molecule has 1 saturated heterocycles. The van der Waals surface area contributed by atoms with Crippen LogP contribution in [0.4, 0.5) is 0 Å². The summed E-state index contributed by atoms with van der Waals surface area (Å²) in [7, 11) is 0. The van der Waals surface area contributed by atoms with Crippen molar-refractivity contribution in [1.82, 2.24) is 10.2 Å². The van der Waals surface area contributed by atoms with Gasteiger partial charge in [0, 0.05) is 17.6 Å². The highest BCUT2D eigenvalue weighted by Gasteiger charge is 2.43. The Balaban J connectivity index is 1.56. The lowest BCUT2D eigenvalue weighted by Gasteiger charge is -2.36. The van der Waals surface area contributed by atoms with Gasteiger partial charge in [-0.2, -0.15) is 0 Å². The fraction of sp³-hybridized carbons (Fsp3) is 1.00. The molecule has 0 aromatic heterocycles. The molecule has 0 aromatic rings. The van der Waals surface area contributed by atoms with Crippen LogP contribution in [0.2, 0.25) is 0 Å². The van der Waals surface area contributed by atoms with Crippen molar-refractivity contribution < 1.29 is 5.11 Å². The first kappa shape index (κ1) is 12.9. The number of piperidine rings is 1. The second kappa shape index (κ2) is 5.10. The summed E-state index contributed by atoms with van der Waals surface area (Å²) in [5.74, 6) is 0.912. The van der Waals surface area contributed by atoms with E-state index in [1.54, 1.807) is 0 Å². The van der Waals surface area contributed by atoms with E-state index < -0.39 is 0 Å². The molecule has 2 saturated carbocycles. The Morgan fingerprint density at radius 1 is 1.17 bits per heavy atom. The molecular formula is C15H28N2O. The van der Waals surface area contributed by atoms with Crippen molar-refractivity contribution in [3.05, 3.63) is 0 Å². The summed E-state index contributed by atoms with van der Waals surface area (Å²) in [5, 5.41) is 13.5. The number of nitrogens with zero attached hydrogens (tertiary/aromatic N) is 1. The zero-order chi connectivity index (χ0) is 12.6. The van der Waals surface area contributed by atoms with Gasteiger partial charge in [-0.3, -0.25) is 0 Å². The van der Waals surface area contributed by atoms with Crippen LogP contribution in [-0.4, -0.2) is 47.3 Å². The molecule has 3 fully saturated rings. The van der Waals surface area contributed by atoms with E-state index in [4.69, 9.17) is 0 Å². The molecule has 104 valence electrons. The third kappa shape index (κ3) is 2.73. The average molecular weight is 252 g/mol. The molecule has 18 heavy (non-hydrogen) atoms. The van der Waals surface area contributed by atoms with E-state index in [1.165, 1.54) is 45.2 Å². The van der Waals surface area contributed by atoms with Gasteiger partial charge in [0.2, 0.25) is 0 Å². The number of hydrogen-bond donors (Lipinski definition) is 2. The maximum Gasteiger partial charge on any atom is 0.0614 e. The molecule has 0 aromatic carbocycles. The summed E-state index contributed by atoms with van der Waals surface area (Å²) in [6.07, 6.45) is 8.94. The quantitative estimate of drug-likeness (QED) is 0.800. The van der Waals surface area contributed by atoms with Gasteiger partial charge >= 0.3 is 0 Å². The second-order valence-electron chi connectivity index (χ2n) is 6.97. The van der Waals surface area contributed by atoms with Crippen molar-refractivity contribution in [2.75, 3.05) is 19.7 Å². The van der Waals surface area contributed by atoms with Gasteiger partial charge in [-0.25, -0.2) is 0 Å². The van der Waals surface area contributed by atoms with E-state index in [9.17, 15) is 5.11 Å². The maximum atomic E-state index is 9.77. The predicted octanol–water partition coefficient (Wildman–Crippen LogP) is 1.75. The molecule has 3 aliphatic rings. The SMILES string of the molecule is CC1CCN(C2CCC(CO)(NC3CC3)C2)CC1. The molecule has 3 heteroatoms. The van der Waals surface area contributed by atoms with Crippen LogP contribution in [0.3, 0.4) is 0 Å². The third-order valence-electron chi connectivity index (χ3n) is 5.31. The molecule has 0 amide bonds. The smallest absolute Gasteiger partial charge is 0.0614 e. The minimum atomic E-state index is 0.0505.